The first kappa shape index (κ1) is 22.1. The minimum atomic E-state index is -4.69. The molecule has 0 aromatic carbocycles. The van der Waals surface area contributed by atoms with Crippen molar-refractivity contribution in [3.63, 3.8) is 0 Å². The van der Waals surface area contributed by atoms with E-state index in [4.69, 9.17) is 11.6 Å². The highest BCUT2D eigenvalue weighted by Crippen LogP contribution is 2.38. The molecule has 1 fully saturated rings. The van der Waals surface area contributed by atoms with E-state index in [1.807, 2.05) is 0 Å². The summed E-state index contributed by atoms with van der Waals surface area (Å²) >= 11 is 6.99. The summed E-state index contributed by atoms with van der Waals surface area (Å²) in [5.74, 6) is -1.43. The number of thiophene rings is 1. The van der Waals surface area contributed by atoms with Crippen molar-refractivity contribution in [2.75, 3.05) is 24.5 Å². The zero-order valence-corrected chi connectivity index (χ0v) is 18.3. The molecule has 3 aromatic rings. The van der Waals surface area contributed by atoms with Gasteiger partial charge in [0.05, 0.1) is 10.9 Å². The Hall–Kier alpha value is -2.07. The zero-order valence-electron chi connectivity index (χ0n) is 15.1. The molecule has 0 spiro atoms. The van der Waals surface area contributed by atoms with E-state index in [1.165, 1.54) is 17.5 Å². The van der Waals surface area contributed by atoms with Gasteiger partial charge in [-0.25, -0.2) is 13.4 Å². The molecule has 4 rings (SSSR count). The summed E-state index contributed by atoms with van der Waals surface area (Å²) in [5.41, 5.74) is 0.320. The summed E-state index contributed by atoms with van der Waals surface area (Å²) < 4.78 is 65.2. The molecule has 1 atom stereocenters. The maximum Gasteiger partial charge on any atom is 0.425 e. The van der Waals surface area contributed by atoms with Gasteiger partial charge >= 0.3 is 12.1 Å². The molecule has 31 heavy (non-hydrogen) atoms. The number of aliphatic carboxylic acids is 1. The first-order valence-corrected chi connectivity index (χ1v) is 11.9. The van der Waals surface area contributed by atoms with E-state index in [2.05, 4.69) is 15.0 Å². The predicted molar refractivity (Wildman–Crippen MR) is 107 cm³/mol. The van der Waals surface area contributed by atoms with Crippen LogP contribution in [0.25, 0.3) is 10.3 Å². The molecule has 1 unspecified atom stereocenters. The lowest BCUT2D eigenvalue weighted by Gasteiger charge is -2.37. The Balaban J connectivity index is 1.62. The van der Waals surface area contributed by atoms with Crippen LogP contribution in [0.3, 0.4) is 0 Å². The molecular formula is C15H11ClF3N5O4S3. The number of carbonyl (C=O) groups is 1. The van der Waals surface area contributed by atoms with Crippen LogP contribution in [0.1, 0.15) is 4.88 Å². The molecule has 0 bridgehead atoms. The first-order valence-electron chi connectivity index (χ1n) is 8.42. The van der Waals surface area contributed by atoms with Gasteiger partial charge in [0.25, 0.3) is 10.0 Å². The highest BCUT2D eigenvalue weighted by Gasteiger charge is 2.42. The normalized spacial score (nSPS) is 18.6. The number of carboxylic acids is 1. The molecule has 0 radical (unpaired) electrons. The quantitative estimate of drug-likeness (QED) is 0.529. The van der Waals surface area contributed by atoms with Crippen molar-refractivity contribution in [1.82, 2.24) is 19.3 Å². The number of hydrogen-bond donors (Lipinski definition) is 1. The van der Waals surface area contributed by atoms with Gasteiger partial charge in [-0.1, -0.05) is 11.3 Å². The minimum Gasteiger partial charge on any atom is -0.480 e. The molecule has 1 aliphatic rings. The fourth-order valence-electron chi connectivity index (χ4n) is 3.00. The zero-order chi connectivity index (χ0) is 22.6. The average Bonchev–Trinajstić information content (AvgIpc) is 3.34. The topological polar surface area (TPSA) is 117 Å². The van der Waals surface area contributed by atoms with Crippen molar-refractivity contribution in [2.24, 2.45) is 0 Å². The Morgan fingerprint density at radius 1 is 1.23 bits per heavy atom. The highest BCUT2D eigenvalue weighted by molar-refractivity contribution is 7.91. The van der Waals surface area contributed by atoms with Gasteiger partial charge in [0, 0.05) is 19.6 Å². The number of sulfonamides is 1. The summed E-state index contributed by atoms with van der Waals surface area (Å²) in [7, 11) is -4.44. The Morgan fingerprint density at radius 3 is 2.61 bits per heavy atom. The van der Waals surface area contributed by atoms with Crippen LogP contribution in [0, 0.1) is 0 Å². The predicted octanol–water partition coefficient (Wildman–Crippen LogP) is 2.78. The van der Waals surface area contributed by atoms with Crippen LogP contribution >= 0.6 is 34.3 Å². The third kappa shape index (κ3) is 4.19. The van der Waals surface area contributed by atoms with Gasteiger partial charge in [0.2, 0.25) is 5.28 Å². The van der Waals surface area contributed by atoms with Gasteiger partial charge in [-0.05, 0) is 23.7 Å². The van der Waals surface area contributed by atoms with Crippen LogP contribution < -0.4 is 4.90 Å². The van der Waals surface area contributed by atoms with Crippen LogP contribution in [-0.4, -0.2) is 64.4 Å². The molecule has 9 nitrogen and oxygen atoms in total. The third-order valence-electron chi connectivity index (χ3n) is 4.42. The minimum absolute atomic E-state index is 0.00199. The molecule has 3 aromatic heterocycles. The number of rotatable bonds is 4. The van der Waals surface area contributed by atoms with Gasteiger partial charge in [-0.2, -0.15) is 27.4 Å². The number of anilines is 1. The van der Waals surface area contributed by atoms with Gasteiger partial charge < -0.3 is 10.0 Å². The molecular weight excluding hydrogens is 503 g/mol. The number of carboxylic acid groups (broad SMARTS) is 1. The number of piperazine rings is 1. The summed E-state index contributed by atoms with van der Waals surface area (Å²) in [6.45, 7) is -0.407. The van der Waals surface area contributed by atoms with E-state index in [9.17, 15) is 31.5 Å². The lowest BCUT2D eigenvalue weighted by molar-refractivity contribution is -0.141. The third-order valence-corrected chi connectivity index (χ3v) is 9.15. The standard InChI is InChI=1S/C15H11ClF3N5O4S3/c16-13-20-5-8-11(21-13)22-14(29-8)23-3-4-24(7(6-23)12(25)26)31(27,28)10-2-1-9(30-10)15(17,18)19/h1-2,5,7H,3-4,6H2,(H,25,26). The Labute approximate surface area is 185 Å². The largest absolute Gasteiger partial charge is 0.480 e. The van der Waals surface area contributed by atoms with Crippen LogP contribution in [0.15, 0.2) is 22.5 Å². The van der Waals surface area contributed by atoms with Crippen LogP contribution in [0.2, 0.25) is 5.28 Å². The Kier molecular flexibility index (Phi) is 5.58. The van der Waals surface area contributed by atoms with Gasteiger partial charge in [-0.15, -0.1) is 11.3 Å². The second kappa shape index (κ2) is 7.81. The van der Waals surface area contributed by atoms with E-state index in [0.717, 1.165) is 6.07 Å². The SMILES string of the molecule is O=C(O)C1CN(c2nc3nc(Cl)ncc3s2)CCN1S(=O)(=O)c1ccc(C(F)(F)F)s1. The van der Waals surface area contributed by atoms with Crippen molar-refractivity contribution in [1.29, 1.82) is 0 Å². The van der Waals surface area contributed by atoms with Crippen molar-refractivity contribution in [3.8, 4) is 0 Å². The molecule has 4 heterocycles. The average molecular weight is 514 g/mol. The van der Waals surface area contributed by atoms with E-state index in [1.54, 1.807) is 4.90 Å². The second-order valence-corrected chi connectivity index (χ2v) is 10.9. The summed E-state index contributed by atoms with van der Waals surface area (Å²) in [5, 5.41) is 10.0. The number of alkyl halides is 3. The maximum atomic E-state index is 12.9. The molecule has 16 heteroatoms. The number of hydrogen-bond acceptors (Lipinski definition) is 9. The Morgan fingerprint density at radius 2 is 1.97 bits per heavy atom. The first-order chi connectivity index (χ1) is 14.5. The number of halogens is 4. The van der Waals surface area contributed by atoms with Crippen molar-refractivity contribution in [3.05, 3.63) is 28.5 Å². The lowest BCUT2D eigenvalue weighted by atomic mass is 10.2. The number of thiazole rings is 1. The van der Waals surface area contributed by atoms with Gasteiger partial charge in [0.1, 0.15) is 15.1 Å². The molecule has 0 saturated carbocycles. The molecule has 0 amide bonds. The molecule has 1 saturated heterocycles. The number of fused-ring (bicyclic) bond motifs is 1. The molecule has 1 N–H and O–H groups in total. The van der Waals surface area contributed by atoms with E-state index in [-0.39, 0.29) is 36.3 Å². The van der Waals surface area contributed by atoms with E-state index >= 15 is 0 Å². The monoisotopic (exact) mass is 513 g/mol. The molecule has 166 valence electrons. The van der Waals surface area contributed by atoms with E-state index in [0.29, 0.717) is 25.9 Å². The Bertz CT molecular complexity index is 1260. The van der Waals surface area contributed by atoms with Crippen LogP contribution in [-0.2, 0) is 21.0 Å². The summed E-state index contributed by atoms with van der Waals surface area (Å²) in [6.07, 6.45) is -3.22. The van der Waals surface area contributed by atoms with Crippen molar-refractivity contribution in [2.45, 2.75) is 16.4 Å². The molecule has 0 aliphatic carbocycles. The number of nitrogens with zero attached hydrogens (tertiary/aromatic N) is 5. The number of aromatic nitrogens is 3. The molecule has 1 aliphatic heterocycles. The maximum absolute atomic E-state index is 12.9. The summed E-state index contributed by atoms with van der Waals surface area (Å²) in [6, 6.07) is -0.0159. The fourth-order valence-corrected chi connectivity index (χ4v) is 6.90. The van der Waals surface area contributed by atoms with Gasteiger partial charge in [-0.3, -0.25) is 4.79 Å². The van der Waals surface area contributed by atoms with Crippen LogP contribution in [0.4, 0.5) is 18.3 Å². The smallest absolute Gasteiger partial charge is 0.425 e. The van der Waals surface area contributed by atoms with Gasteiger partial charge in [0.15, 0.2) is 10.8 Å². The van der Waals surface area contributed by atoms with E-state index < -0.39 is 37.3 Å². The highest BCUT2D eigenvalue weighted by atomic mass is 35.5. The van der Waals surface area contributed by atoms with Crippen molar-refractivity contribution >= 4 is 65.7 Å². The lowest BCUT2D eigenvalue weighted by Crippen LogP contribution is -2.58. The fraction of sp³-hybridized carbons (Fsp3) is 0.333. The van der Waals surface area contributed by atoms with Crippen molar-refractivity contribution < 1.29 is 31.5 Å². The second-order valence-electron chi connectivity index (χ2n) is 6.36. The van der Waals surface area contributed by atoms with Crippen LogP contribution in [0.5, 0.6) is 0 Å². The summed E-state index contributed by atoms with van der Waals surface area (Å²) in [4.78, 5) is 24.5.